The highest BCUT2D eigenvalue weighted by atomic mass is 19.1. The Morgan fingerprint density at radius 2 is 1.94 bits per heavy atom. The topological polar surface area (TPSA) is 80.7 Å². The molecule has 0 amide bonds. The maximum Gasteiger partial charge on any atom is 0.264 e. The second-order valence-corrected chi connectivity index (χ2v) is 8.90. The van der Waals surface area contributed by atoms with Gasteiger partial charge >= 0.3 is 0 Å². The number of hydrogen-bond acceptors (Lipinski definition) is 6. The Kier molecular flexibility index (Phi) is 4.73. The summed E-state index contributed by atoms with van der Waals surface area (Å²) in [6.45, 7) is 0. The van der Waals surface area contributed by atoms with E-state index in [1.807, 2.05) is 35.8 Å². The smallest absolute Gasteiger partial charge is 0.264 e. The summed E-state index contributed by atoms with van der Waals surface area (Å²) in [6.07, 6.45) is 8.96. The van der Waals surface area contributed by atoms with E-state index in [-0.39, 0.29) is 22.4 Å². The van der Waals surface area contributed by atoms with Crippen LogP contribution in [-0.4, -0.2) is 56.1 Å². The van der Waals surface area contributed by atoms with Gasteiger partial charge in [0.2, 0.25) is 0 Å². The van der Waals surface area contributed by atoms with Crippen LogP contribution in [0.3, 0.4) is 0 Å². The minimum absolute atomic E-state index is 0.119. The molecule has 0 saturated heterocycles. The zero-order chi connectivity index (χ0) is 23.4. The zero-order valence-corrected chi connectivity index (χ0v) is 18.8. The zero-order valence-electron chi connectivity index (χ0n) is 18.8. The summed E-state index contributed by atoms with van der Waals surface area (Å²) in [7, 11) is 3.85. The highest BCUT2D eigenvalue weighted by Gasteiger charge is 2.26. The Bertz CT molecular complexity index is 1540. The Morgan fingerprint density at radius 3 is 2.74 bits per heavy atom. The molecule has 4 heterocycles. The molecular formula is C25H22FN7O. The highest BCUT2D eigenvalue weighted by Crippen LogP contribution is 2.39. The molecule has 2 aliphatic rings. The molecule has 1 saturated carbocycles. The van der Waals surface area contributed by atoms with Gasteiger partial charge in [0.05, 0.1) is 41.6 Å². The first-order chi connectivity index (χ1) is 16.5. The van der Waals surface area contributed by atoms with E-state index < -0.39 is 5.82 Å². The predicted molar refractivity (Wildman–Crippen MR) is 129 cm³/mol. The fourth-order valence-electron chi connectivity index (χ4n) is 4.26. The fourth-order valence-corrected chi connectivity index (χ4v) is 4.26. The number of nitrogens with zero attached hydrogens (tertiary/aromatic N) is 7. The molecule has 1 atom stereocenters. The Balaban J connectivity index is 1.44. The molecular weight excluding hydrogens is 433 g/mol. The van der Waals surface area contributed by atoms with Crippen LogP contribution < -0.4 is 5.56 Å². The van der Waals surface area contributed by atoms with Crippen LogP contribution in [0.25, 0.3) is 22.3 Å². The van der Waals surface area contributed by atoms with Crippen molar-refractivity contribution in [2.75, 3.05) is 14.1 Å². The van der Waals surface area contributed by atoms with Gasteiger partial charge in [-0.25, -0.2) is 14.4 Å². The lowest BCUT2D eigenvalue weighted by atomic mass is 10.1. The maximum atomic E-state index is 15.1. The number of halogens is 1. The van der Waals surface area contributed by atoms with E-state index in [1.165, 1.54) is 10.8 Å². The average Bonchev–Trinajstić information content (AvgIpc) is 3.36. The molecule has 1 fully saturated rings. The van der Waals surface area contributed by atoms with E-state index >= 15 is 4.39 Å². The SMILES string of the molecule is CN(C)C1C=NN=C1c1cccc(-n2cc(F)c3ccc(-n4cnc(C5CC5)c4)cc3c2=O)n1. The van der Waals surface area contributed by atoms with E-state index in [2.05, 4.69) is 20.2 Å². The van der Waals surface area contributed by atoms with Crippen molar-refractivity contribution in [1.29, 1.82) is 0 Å². The molecule has 1 unspecified atom stereocenters. The molecule has 0 radical (unpaired) electrons. The molecule has 0 bridgehead atoms. The van der Waals surface area contributed by atoms with E-state index in [9.17, 15) is 4.79 Å². The van der Waals surface area contributed by atoms with Gasteiger partial charge in [-0.2, -0.15) is 10.2 Å². The minimum atomic E-state index is -0.495. The molecule has 4 aromatic rings. The lowest BCUT2D eigenvalue weighted by Crippen LogP contribution is -2.36. The van der Waals surface area contributed by atoms with E-state index in [1.54, 1.807) is 42.9 Å². The van der Waals surface area contributed by atoms with Gasteiger partial charge in [0.15, 0.2) is 0 Å². The number of rotatable bonds is 5. The number of pyridine rings is 2. The van der Waals surface area contributed by atoms with Gasteiger partial charge < -0.3 is 4.57 Å². The summed E-state index contributed by atoms with van der Waals surface area (Å²) in [5.74, 6) is 0.349. The molecule has 0 spiro atoms. The number of aromatic nitrogens is 4. The number of likely N-dealkylation sites (N-methyl/N-ethyl adjacent to an activating group) is 1. The average molecular weight is 455 g/mol. The molecule has 3 aromatic heterocycles. The van der Waals surface area contributed by atoms with Crippen LogP contribution in [0.5, 0.6) is 0 Å². The first kappa shape index (κ1) is 20.6. The van der Waals surface area contributed by atoms with E-state index in [0.717, 1.165) is 24.2 Å². The molecule has 9 heteroatoms. The van der Waals surface area contributed by atoms with Gasteiger partial charge in [-0.05, 0) is 57.3 Å². The maximum absolute atomic E-state index is 15.1. The lowest BCUT2D eigenvalue weighted by Gasteiger charge is -2.18. The summed E-state index contributed by atoms with van der Waals surface area (Å²) >= 11 is 0. The fraction of sp³-hybridized carbons (Fsp3) is 0.240. The Labute approximate surface area is 194 Å². The van der Waals surface area contributed by atoms with E-state index in [0.29, 0.717) is 23.1 Å². The van der Waals surface area contributed by atoms with Crippen molar-refractivity contribution in [3.05, 3.63) is 82.7 Å². The lowest BCUT2D eigenvalue weighted by molar-refractivity contribution is 0.431. The molecule has 6 rings (SSSR count). The van der Waals surface area contributed by atoms with Crippen LogP contribution in [0, 0.1) is 5.82 Å². The van der Waals surface area contributed by atoms with Crippen molar-refractivity contribution in [1.82, 2.24) is 24.0 Å². The van der Waals surface area contributed by atoms with Gasteiger partial charge in [-0.1, -0.05) is 6.07 Å². The van der Waals surface area contributed by atoms with Crippen molar-refractivity contribution >= 4 is 22.7 Å². The highest BCUT2D eigenvalue weighted by molar-refractivity contribution is 6.13. The third kappa shape index (κ3) is 3.45. The number of benzene rings is 1. The second kappa shape index (κ2) is 7.81. The van der Waals surface area contributed by atoms with Gasteiger partial charge in [-0.3, -0.25) is 14.3 Å². The summed E-state index contributed by atoms with van der Waals surface area (Å²) in [5.41, 5.74) is 2.72. The van der Waals surface area contributed by atoms with Crippen molar-refractivity contribution in [3.8, 4) is 11.5 Å². The molecule has 34 heavy (non-hydrogen) atoms. The molecule has 1 aliphatic heterocycles. The van der Waals surface area contributed by atoms with Crippen LogP contribution in [-0.2, 0) is 0 Å². The number of imidazole rings is 1. The first-order valence-electron chi connectivity index (χ1n) is 11.1. The van der Waals surface area contributed by atoms with Gasteiger partial charge in [0.1, 0.15) is 17.3 Å². The molecule has 1 aliphatic carbocycles. The van der Waals surface area contributed by atoms with Crippen molar-refractivity contribution in [2.24, 2.45) is 10.2 Å². The number of hydrogen-bond donors (Lipinski definition) is 0. The third-order valence-corrected chi connectivity index (χ3v) is 6.30. The quantitative estimate of drug-likeness (QED) is 0.463. The van der Waals surface area contributed by atoms with Gasteiger partial charge in [-0.15, -0.1) is 0 Å². The van der Waals surface area contributed by atoms with Crippen LogP contribution in [0.4, 0.5) is 4.39 Å². The Hall–Kier alpha value is -3.98. The second-order valence-electron chi connectivity index (χ2n) is 8.90. The summed E-state index contributed by atoms with van der Waals surface area (Å²) in [6, 6.07) is 10.3. The molecule has 170 valence electrons. The van der Waals surface area contributed by atoms with Crippen molar-refractivity contribution in [2.45, 2.75) is 24.8 Å². The van der Waals surface area contributed by atoms with Gasteiger partial charge in [0.25, 0.3) is 5.56 Å². The summed E-state index contributed by atoms with van der Waals surface area (Å²) in [4.78, 5) is 24.5. The molecule has 8 nitrogen and oxygen atoms in total. The van der Waals surface area contributed by atoms with Gasteiger partial charge in [0, 0.05) is 23.2 Å². The monoisotopic (exact) mass is 455 g/mol. The van der Waals surface area contributed by atoms with Crippen LogP contribution in [0.15, 0.2) is 70.1 Å². The summed E-state index contributed by atoms with van der Waals surface area (Å²) < 4.78 is 18.2. The standard InChI is InChI=1S/C25H22FN7O/c1-31(2)22-11-28-30-24(22)20-4-3-5-23(29-20)33-12-19(26)17-9-8-16(10-18(17)25(33)34)32-13-21(27-14-32)15-6-7-15/h3-5,8-15,22H,6-7H2,1-2H3. The van der Waals surface area contributed by atoms with Crippen LogP contribution >= 0.6 is 0 Å². The minimum Gasteiger partial charge on any atom is -0.306 e. The molecule has 0 N–H and O–H groups in total. The molecule has 1 aromatic carbocycles. The largest absolute Gasteiger partial charge is 0.306 e. The summed E-state index contributed by atoms with van der Waals surface area (Å²) in [5, 5.41) is 8.77. The van der Waals surface area contributed by atoms with E-state index in [4.69, 9.17) is 0 Å². The van der Waals surface area contributed by atoms with Crippen molar-refractivity contribution < 1.29 is 4.39 Å². The third-order valence-electron chi connectivity index (χ3n) is 6.30. The van der Waals surface area contributed by atoms with Crippen molar-refractivity contribution in [3.63, 3.8) is 0 Å². The van der Waals surface area contributed by atoms with Crippen LogP contribution in [0.2, 0.25) is 0 Å². The Morgan fingerprint density at radius 1 is 1.09 bits per heavy atom. The normalized spacial score (nSPS) is 17.6. The predicted octanol–water partition coefficient (Wildman–Crippen LogP) is 3.31. The number of fused-ring (bicyclic) bond motifs is 1. The van der Waals surface area contributed by atoms with Crippen LogP contribution in [0.1, 0.15) is 30.1 Å². The first-order valence-corrected chi connectivity index (χ1v) is 11.1.